The van der Waals surface area contributed by atoms with Crippen molar-refractivity contribution in [2.75, 3.05) is 19.8 Å². The second kappa shape index (κ2) is 12.0. The molecule has 0 fully saturated rings. The summed E-state index contributed by atoms with van der Waals surface area (Å²) in [6, 6.07) is 0. The van der Waals surface area contributed by atoms with Crippen molar-refractivity contribution in [2.45, 2.75) is 39.9 Å². The molecule has 0 aromatic heterocycles. The van der Waals surface area contributed by atoms with Gasteiger partial charge in [0.15, 0.2) is 23.7 Å². The van der Waals surface area contributed by atoms with Crippen molar-refractivity contribution in [1.82, 2.24) is 0 Å². The quantitative estimate of drug-likeness (QED) is 0.349. The van der Waals surface area contributed by atoms with Crippen LogP contribution in [0.4, 0.5) is 0 Å². The largest absolute Gasteiger partial charge is 0.466 e. The number of carbonyl (C=O) groups excluding carboxylic acids is 1. The van der Waals surface area contributed by atoms with Crippen LogP contribution in [0.1, 0.15) is 33.6 Å². The van der Waals surface area contributed by atoms with Gasteiger partial charge in [0.1, 0.15) is 0 Å². The molecule has 0 rings (SSSR count). The van der Waals surface area contributed by atoms with Gasteiger partial charge in [0.25, 0.3) is 0 Å². The normalized spacial score (nSPS) is 9.87. The van der Waals surface area contributed by atoms with Crippen LogP contribution in [0.2, 0.25) is 0 Å². The summed E-state index contributed by atoms with van der Waals surface area (Å²) in [6.45, 7) is 7.20. The van der Waals surface area contributed by atoms with Gasteiger partial charge in [0.2, 0.25) is 0 Å². The number of esters is 1. The summed E-state index contributed by atoms with van der Waals surface area (Å²) in [5, 5.41) is 0. The van der Waals surface area contributed by atoms with Crippen LogP contribution >= 0.6 is 0 Å². The molecule has 5 heteroatoms. The van der Waals surface area contributed by atoms with E-state index in [0.717, 1.165) is 0 Å². The van der Waals surface area contributed by atoms with E-state index in [1.807, 2.05) is 13.8 Å². The molecule has 0 aliphatic carbocycles. The molecule has 0 spiro atoms. The Morgan fingerprint density at radius 3 is 2.00 bits per heavy atom. The van der Waals surface area contributed by atoms with Crippen molar-refractivity contribution >= 4 is 23.3 Å². The average molecular weight is 234 g/mol. The third-order valence-corrected chi connectivity index (χ3v) is 1.59. The van der Waals surface area contributed by atoms with E-state index in [1.165, 1.54) is 0 Å². The van der Waals surface area contributed by atoms with E-state index in [9.17, 15) is 4.79 Å². The molecule has 4 nitrogen and oxygen atoms in total. The minimum Gasteiger partial charge on any atom is -0.466 e. The first-order valence-corrected chi connectivity index (χ1v) is 5.13. The Kier molecular flexibility index (Phi) is 13.9. The lowest BCUT2D eigenvalue weighted by Crippen LogP contribution is -2.19. The molecule has 15 heavy (non-hydrogen) atoms. The first-order valence-electron chi connectivity index (χ1n) is 5.13. The Hall–Kier alpha value is -0.0775. The molecule has 0 aromatic carbocycles. The Morgan fingerprint density at radius 2 is 1.60 bits per heavy atom. The van der Waals surface area contributed by atoms with Crippen LogP contribution in [0.5, 0.6) is 0 Å². The monoisotopic (exact) mass is 234 g/mol. The molecule has 0 saturated carbocycles. The van der Waals surface area contributed by atoms with Crippen LogP contribution < -0.4 is 0 Å². The van der Waals surface area contributed by atoms with Crippen LogP contribution in [-0.4, -0.2) is 49.4 Å². The molecule has 0 N–H and O–H groups in total. The highest BCUT2D eigenvalue weighted by Crippen LogP contribution is 2.05. The van der Waals surface area contributed by atoms with E-state index < -0.39 is 0 Å². The van der Waals surface area contributed by atoms with Crippen LogP contribution in [0.25, 0.3) is 0 Å². The Labute approximate surface area is 102 Å². The van der Waals surface area contributed by atoms with Crippen molar-refractivity contribution in [1.29, 1.82) is 0 Å². The maximum atomic E-state index is 11.0. The minimum atomic E-state index is -0.283. The van der Waals surface area contributed by atoms with Gasteiger partial charge < -0.3 is 14.2 Å². The summed E-state index contributed by atoms with van der Waals surface area (Å²) in [5.41, 5.74) is 0. The highest BCUT2D eigenvalue weighted by Gasteiger charge is 2.11. The zero-order chi connectivity index (χ0) is 10.8. The van der Waals surface area contributed by atoms with Gasteiger partial charge in [-0.15, -0.1) is 0 Å². The fourth-order valence-corrected chi connectivity index (χ4v) is 1.06. The van der Waals surface area contributed by atoms with E-state index in [1.54, 1.807) is 6.92 Å². The molecule has 0 bridgehead atoms. The summed E-state index contributed by atoms with van der Waals surface area (Å²) in [7, 11) is 0. The molecule has 0 unspecified atom stereocenters. The predicted octanol–water partition coefficient (Wildman–Crippen LogP) is 0.545. The summed E-state index contributed by atoms with van der Waals surface area (Å²) in [6.07, 6.45) is 0.619. The van der Waals surface area contributed by atoms with E-state index >= 15 is 0 Å². The lowest BCUT2D eigenvalue weighted by molar-refractivity contribution is -0.155. The number of ether oxygens (including phenoxy) is 3. The van der Waals surface area contributed by atoms with Crippen molar-refractivity contribution in [3.63, 3.8) is 0 Å². The maximum absolute atomic E-state index is 11.0. The van der Waals surface area contributed by atoms with E-state index in [4.69, 9.17) is 14.2 Å². The average Bonchev–Trinajstić information content (AvgIpc) is 2.15. The summed E-state index contributed by atoms with van der Waals surface area (Å²) < 4.78 is 15.4. The maximum Gasteiger partial charge on any atom is 0.305 e. The second-order valence-electron chi connectivity index (χ2n) is 2.68. The molecule has 0 amide bonds. The standard InChI is InChI=1S/C10H20O4.Al.3H/c1-4-12-9(11)7-8-10(13-5-2)14-6-3;;;;/h10H,4-8H2,1-3H3;;;;. The van der Waals surface area contributed by atoms with Crippen LogP contribution in [0.15, 0.2) is 0 Å². The molecule has 0 aliphatic heterocycles. The van der Waals surface area contributed by atoms with E-state index in [2.05, 4.69) is 0 Å². The third-order valence-electron chi connectivity index (χ3n) is 1.59. The Bertz CT molecular complexity index is 146. The fraction of sp³-hybridized carbons (Fsp3) is 0.900. The first-order chi connectivity index (χ1) is 6.74. The molecule has 0 atom stereocenters. The smallest absolute Gasteiger partial charge is 0.305 e. The molecular weight excluding hydrogens is 211 g/mol. The Balaban J connectivity index is 0. The zero-order valence-corrected chi connectivity index (χ0v) is 9.25. The van der Waals surface area contributed by atoms with Crippen molar-refractivity contribution in [3.05, 3.63) is 0 Å². The van der Waals surface area contributed by atoms with Crippen molar-refractivity contribution < 1.29 is 19.0 Å². The van der Waals surface area contributed by atoms with Gasteiger partial charge in [-0.25, -0.2) is 0 Å². The number of rotatable bonds is 8. The van der Waals surface area contributed by atoms with Gasteiger partial charge in [-0.05, 0) is 20.8 Å². The molecular formula is C10H23AlO4. The molecule has 0 aliphatic rings. The van der Waals surface area contributed by atoms with Gasteiger partial charge >= 0.3 is 5.97 Å². The summed E-state index contributed by atoms with van der Waals surface area (Å²) in [4.78, 5) is 11.0. The zero-order valence-electron chi connectivity index (χ0n) is 9.25. The lowest BCUT2D eigenvalue weighted by atomic mass is 10.3. The highest BCUT2D eigenvalue weighted by molar-refractivity contribution is 5.75. The van der Waals surface area contributed by atoms with Crippen LogP contribution in [-0.2, 0) is 19.0 Å². The molecule has 90 valence electrons. The van der Waals surface area contributed by atoms with Gasteiger partial charge in [-0.1, -0.05) is 0 Å². The van der Waals surface area contributed by atoms with Gasteiger partial charge in [-0.2, -0.15) is 0 Å². The molecule has 0 radical (unpaired) electrons. The van der Waals surface area contributed by atoms with Crippen molar-refractivity contribution in [2.24, 2.45) is 0 Å². The minimum absolute atomic E-state index is 0. The summed E-state index contributed by atoms with van der Waals surface area (Å²) in [5.74, 6) is -0.197. The van der Waals surface area contributed by atoms with Crippen LogP contribution in [0, 0.1) is 0 Å². The molecule has 0 heterocycles. The molecule has 0 aromatic rings. The number of carbonyl (C=O) groups is 1. The van der Waals surface area contributed by atoms with Gasteiger partial charge in [0.05, 0.1) is 13.0 Å². The van der Waals surface area contributed by atoms with Crippen molar-refractivity contribution in [3.8, 4) is 0 Å². The number of hydrogen-bond donors (Lipinski definition) is 0. The fourth-order valence-electron chi connectivity index (χ4n) is 1.06. The SMILES string of the molecule is CCOC(=O)CCC(OCC)OCC.[AlH3]. The molecule has 0 saturated heterocycles. The number of hydrogen-bond acceptors (Lipinski definition) is 4. The lowest BCUT2D eigenvalue weighted by Gasteiger charge is -2.15. The first kappa shape index (κ1) is 17.3. The third kappa shape index (κ3) is 10.2. The van der Waals surface area contributed by atoms with E-state index in [-0.39, 0.29) is 29.6 Å². The topological polar surface area (TPSA) is 44.8 Å². The Morgan fingerprint density at radius 1 is 1.07 bits per heavy atom. The van der Waals surface area contributed by atoms with Crippen LogP contribution in [0.3, 0.4) is 0 Å². The highest BCUT2D eigenvalue weighted by atomic mass is 27.0. The summed E-state index contributed by atoms with van der Waals surface area (Å²) >= 11 is 0. The van der Waals surface area contributed by atoms with E-state index in [0.29, 0.717) is 32.7 Å². The van der Waals surface area contributed by atoms with Gasteiger partial charge in [-0.3, -0.25) is 4.79 Å². The second-order valence-corrected chi connectivity index (χ2v) is 2.68. The predicted molar refractivity (Wildman–Crippen MR) is 62.8 cm³/mol. The van der Waals surface area contributed by atoms with Gasteiger partial charge in [0, 0.05) is 19.6 Å².